The molecule has 20 rings (SSSR count). The minimum absolute atomic E-state index is 0.699. The third-order valence-electron chi connectivity index (χ3n) is 12.9. The van der Waals surface area contributed by atoms with E-state index in [0.717, 1.165) is 72.1 Å². The van der Waals surface area contributed by atoms with Crippen molar-refractivity contribution in [3.63, 3.8) is 0 Å². The Labute approximate surface area is 535 Å². The highest BCUT2D eigenvalue weighted by Crippen LogP contribution is 2.07. The summed E-state index contributed by atoms with van der Waals surface area (Å²) in [7, 11) is 0. The van der Waals surface area contributed by atoms with E-state index in [1.807, 2.05) is 240 Å². The van der Waals surface area contributed by atoms with Crippen LogP contribution >= 0.6 is 0 Å². The summed E-state index contributed by atoms with van der Waals surface area (Å²) in [4.78, 5) is 75.8. The summed E-state index contributed by atoms with van der Waals surface area (Å²) in [5.41, 5.74) is 13.1. The van der Waals surface area contributed by atoms with Gasteiger partial charge in [0.05, 0.1) is 76.6 Å². The average Bonchev–Trinajstić information content (AvgIpc) is 3.22. The zero-order valence-electron chi connectivity index (χ0n) is 49.9. The van der Waals surface area contributed by atoms with Crippen LogP contribution in [-0.4, -0.2) is 121 Å². The third kappa shape index (κ3) is 18.1. The van der Waals surface area contributed by atoms with Crippen molar-refractivity contribution in [2.75, 3.05) is 0 Å². The highest BCUT2D eigenvalue weighted by molar-refractivity contribution is 5.73. The molecule has 0 unspecified atom stereocenters. The molecule has 456 valence electrons. The van der Waals surface area contributed by atoms with Crippen molar-refractivity contribution in [2.24, 2.45) is 0 Å². The molecule has 0 saturated heterocycles. The Morgan fingerprint density at radius 3 is 1.26 bits per heavy atom. The minimum Gasteiger partial charge on any atom is -0.321 e. The van der Waals surface area contributed by atoms with Crippen LogP contribution < -0.4 is 0 Å². The van der Waals surface area contributed by atoms with Crippen LogP contribution in [0.15, 0.2) is 339 Å². The van der Waals surface area contributed by atoms with Gasteiger partial charge in [-0.2, -0.15) is 0 Å². The monoisotopic (exact) mass is 1230 g/mol. The standard InChI is InChI=1S/C8H6N2.2C7H5N3.5C7H6N2.C6H4N4.C6H5N3/c1-2-4-8-7(3-1)9-5-6-10-8;1-2-8-5-7-6(1)9-3-4-10-7;1-2-6-7(9-3-1)10-5-4-8-6;1-3-7-8-4-2-6-9(7)5-1;2*1-2-7-6-8-3-5-9(7)4-1;1-2-5-9-6-4-8-7(9)3-1;1-2-4-9-6-8-5-7(9)3-1;1-5-6(10-3-7-1)2-8-4-9-5;1-2-6-8-4-7-5-9(6)3-1/h1-6H;2*1-5H;5*1-6H;1-4H;1-5H. The van der Waals surface area contributed by atoms with Gasteiger partial charge in [-0.3, -0.25) is 44.3 Å². The Morgan fingerprint density at radius 1 is 0.191 bits per heavy atom. The lowest BCUT2D eigenvalue weighted by Gasteiger charge is -1.90. The Bertz CT molecular complexity index is 4270. The molecule has 0 aliphatic heterocycles. The number of imidazole rings is 2. The number of rotatable bonds is 0. The molecule has 19 heterocycles. The van der Waals surface area contributed by atoms with Crippen molar-refractivity contribution < 1.29 is 0 Å². The lowest BCUT2D eigenvalue weighted by atomic mass is 10.3. The van der Waals surface area contributed by atoms with Gasteiger partial charge >= 0.3 is 0 Å². The maximum Gasteiger partial charge on any atom is 0.178 e. The molecule has 0 saturated carbocycles. The number of benzene rings is 1. The maximum absolute atomic E-state index is 4.12. The molecular formula is C69H55N25. The van der Waals surface area contributed by atoms with Gasteiger partial charge in [0.2, 0.25) is 0 Å². The smallest absolute Gasteiger partial charge is 0.178 e. The van der Waals surface area contributed by atoms with E-state index in [-0.39, 0.29) is 0 Å². The van der Waals surface area contributed by atoms with Crippen LogP contribution in [0.1, 0.15) is 0 Å². The molecule has 0 aliphatic carbocycles. The van der Waals surface area contributed by atoms with Gasteiger partial charge in [-0.25, -0.2) is 54.8 Å². The fourth-order valence-corrected chi connectivity index (χ4v) is 8.41. The van der Waals surface area contributed by atoms with Gasteiger partial charge in [-0.15, -0.1) is 0 Å². The van der Waals surface area contributed by atoms with E-state index in [2.05, 4.69) is 94.7 Å². The first kappa shape index (κ1) is 61.7. The first-order valence-electron chi connectivity index (χ1n) is 28.8. The van der Waals surface area contributed by atoms with Gasteiger partial charge in [0.15, 0.2) is 5.65 Å². The molecule has 19 aromatic heterocycles. The predicted octanol–water partition coefficient (Wildman–Crippen LogP) is 11.5. The second-order valence-corrected chi connectivity index (χ2v) is 19.0. The van der Waals surface area contributed by atoms with E-state index in [1.54, 1.807) is 106 Å². The van der Waals surface area contributed by atoms with E-state index in [0.29, 0.717) is 5.65 Å². The highest BCUT2D eigenvalue weighted by Gasteiger charge is 1.95. The summed E-state index contributed by atoms with van der Waals surface area (Å²) < 4.78 is 11.8. The fourth-order valence-electron chi connectivity index (χ4n) is 8.41. The van der Waals surface area contributed by atoms with Crippen LogP contribution in [0.2, 0.25) is 0 Å². The Hall–Kier alpha value is -14.0. The molecule has 0 atom stereocenters. The number of fused-ring (bicyclic) bond motifs is 10. The van der Waals surface area contributed by atoms with Gasteiger partial charge in [0.1, 0.15) is 64.3 Å². The molecule has 0 N–H and O–H groups in total. The van der Waals surface area contributed by atoms with Gasteiger partial charge in [-0.05, 0) is 109 Å². The average molecular weight is 1230 g/mol. The van der Waals surface area contributed by atoms with Gasteiger partial charge in [-0.1, -0.05) is 24.3 Å². The number of pyridine rings is 4. The summed E-state index contributed by atoms with van der Waals surface area (Å²) >= 11 is 0. The van der Waals surface area contributed by atoms with Crippen LogP contribution in [-0.2, 0) is 0 Å². The van der Waals surface area contributed by atoms with Crippen molar-refractivity contribution in [1.82, 2.24) is 121 Å². The summed E-state index contributed by atoms with van der Waals surface area (Å²) in [6, 6.07) is 43.1. The lowest BCUT2D eigenvalue weighted by molar-refractivity contribution is 1.02. The molecule has 0 spiro atoms. The van der Waals surface area contributed by atoms with E-state index in [9.17, 15) is 0 Å². The molecule has 1 aromatic carbocycles. The zero-order chi connectivity index (χ0) is 63.9. The largest absolute Gasteiger partial charge is 0.321 e. The number of hydrogen-bond acceptors (Lipinski definition) is 19. The Balaban J connectivity index is 0.000000107. The molecule has 0 aliphatic rings. The minimum atomic E-state index is 0.699. The molecule has 25 nitrogen and oxygen atoms in total. The zero-order valence-corrected chi connectivity index (χ0v) is 49.9. The van der Waals surface area contributed by atoms with Crippen molar-refractivity contribution in [1.29, 1.82) is 0 Å². The number of nitrogens with zero attached hydrogens (tertiary/aromatic N) is 25. The van der Waals surface area contributed by atoms with Gasteiger partial charge < -0.3 is 22.0 Å². The molecule has 20 aromatic rings. The fraction of sp³-hybridized carbons (Fsp3) is 0. The molecule has 94 heavy (non-hydrogen) atoms. The molecule has 25 heteroatoms. The first-order chi connectivity index (χ1) is 46.7. The van der Waals surface area contributed by atoms with Gasteiger partial charge in [0.25, 0.3) is 0 Å². The van der Waals surface area contributed by atoms with Gasteiger partial charge in [0, 0.05) is 136 Å². The molecular weight excluding hydrogens is 1180 g/mol. The van der Waals surface area contributed by atoms with E-state index in [4.69, 9.17) is 0 Å². The van der Waals surface area contributed by atoms with Crippen molar-refractivity contribution in [3.8, 4) is 0 Å². The van der Waals surface area contributed by atoms with Crippen molar-refractivity contribution in [2.45, 2.75) is 0 Å². The second-order valence-electron chi connectivity index (χ2n) is 19.0. The Kier molecular flexibility index (Phi) is 21.9. The van der Waals surface area contributed by atoms with Crippen LogP contribution in [0.3, 0.4) is 0 Å². The second kappa shape index (κ2) is 33.4. The molecule has 0 amide bonds. The summed E-state index contributed by atoms with van der Waals surface area (Å²) in [6.07, 6.45) is 58.6. The van der Waals surface area contributed by atoms with E-state index >= 15 is 0 Å². The number of hydrogen-bond donors (Lipinski definition) is 0. The number of aromatic nitrogens is 25. The van der Waals surface area contributed by atoms with Crippen LogP contribution in [0.25, 0.3) is 77.8 Å². The topological polar surface area (TPSA) is 271 Å². The summed E-state index contributed by atoms with van der Waals surface area (Å²) in [5.74, 6) is 0. The number of para-hydroxylation sites is 2. The van der Waals surface area contributed by atoms with E-state index in [1.165, 1.54) is 19.0 Å². The summed E-state index contributed by atoms with van der Waals surface area (Å²) in [6.45, 7) is 0. The quantitative estimate of drug-likeness (QED) is 0.136. The predicted molar refractivity (Wildman–Crippen MR) is 358 cm³/mol. The van der Waals surface area contributed by atoms with Crippen LogP contribution in [0.4, 0.5) is 0 Å². The SMILES string of the molecule is c1cc2cnccn2c1.c1cc2cnccn2c1.c1cc2nccnc2cn1.c1cc2ncncn2c1.c1ccc2nccnc2c1.c1ccn2ccnc2c1.c1ccn2cncc2c1.c1cnc2cccn2c1.c1cnc2nccnc2c1.c1ncc2ncncc2n1. The lowest BCUT2D eigenvalue weighted by Crippen LogP contribution is -1.85. The Morgan fingerprint density at radius 2 is 0.606 bits per heavy atom. The maximum atomic E-state index is 4.12. The highest BCUT2D eigenvalue weighted by atomic mass is 15.0. The first-order valence-corrected chi connectivity index (χ1v) is 28.8. The summed E-state index contributed by atoms with van der Waals surface area (Å²) in [5, 5.41) is 0. The molecule has 0 bridgehead atoms. The van der Waals surface area contributed by atoms with E-state index < -0.39 is 0 Å². The molecule has 0 radical (unpaired) electrons. The van der Waals surface area contributed by atoms with Crippen LogP contribution in [0, 0.1) is 0 Å². The third-order valence-corrected chi connectivity index (χ3v) is 12.9. The van der Waals surface area contributed by atoms with Crippen LogP contribution in [0.5, 0.6) is 0 Å². The van der Waals surface area contributed by atoms with Crippen molar-refractivity contribution in [3.05, 3.63) is 339 Å². The normalized spacial score (nSPS) is 10.1. The van der Waals surface area contributed by atoms with Crippen molar-refractivity contribution >= 4 is 77.8 Å². The molecule has 0 fully saturated rings.